The summed E-state index contributed by atoms with van der Waals surface area (Å²) in [5.74, 6) is 0.557. The highest BCUT2D eigenvalue weighted by Gasteiger charge is 2.28. The molecule has 0 saturated carbocycles. The van der Waals surface area contributed by atoms with E-state index < -0.39 is 12.8 Å². The number of hydrogen-bond acceptors (Lipinski definition) is 5. The first-order valence-corrected chi connectivity index (χ1v) is 6.55. The Morgan fingerprint density at radius 3 is 2.35 bits per heavy atom. The molecule has 3 rings (SSSR count). The van der Waals surface area contributed by atoms with Crippen LogP contribution < -0.4 is 4.74 Å². The highest BCUT2D eigenvalue weighted by molar-refractivity contribution is 5.58. The van der Waals surface area contributed by atoms with Gasteiger partial charge in [0.1, 0.15) is 5.75 Å². The van der Waals surface area contributed by atoms with Gasteiger partial charge in [-0.1, -0.05) is 6.07 Å². The number of alkyl halides is 3. The van der Waals surface area contributed by atoms with Crippen molar-refractivity contribution in [3.63, 3.8) is 0 Å². The second-order valence-corrected chi connectivity index (χ2v) is 4.58. The van der Waals surface area contributed by atoms with Crippen LogP contribution in [0, 0.1) is 0 Å². The first-order valence-electron chi connectivity index (χ1n) is 6.55. The Labute approximate surface area is 128 Å². The van der Waals surface area contributed by atoms with Crippen LogP contribution in [0.4, 0.5) is 13.2 Å². The maximum Gasteiger partial charge on any atom is 0.422 e. The molecule has 8 heteroatoms. The number of rotatable bonds is 4. The number of aromatic nitrogens is 3. The lowest BCUT2D eigenvalue weighted by Gasteiger charge is -2.09. The molecule has 0 aliphatic rings. The standard InChI is InChI=1S/C15H10F3N3O2/c16-15(17,18)9-22-12-3-1-2-11(8-12)14-21-20-13(23-14)10-4-6-19-7-5-10/h1-8H,9H2. The molecular formula is C15H10F3N3O2. The molecule has 5 nitrogen and oxygen atoms in total. The average Bonchev–Trinajstić information content (AvgIpc) is 3.03. The Morgan fingerprint density at radius 1 is 0.957 bits per heavy atom. The van der Waals surface area contributed by atoms with Crippen LogP contribution in [0.3, 0.4) is 0 Å². The molecule has 0 unspecified atom stereocenters. The molecule has 2 heterocycles. The van der Waals surface area contributed by atoms with Crippen molar-refractivity contribution in [2.24, 2.45) is 0 Å². The zero-order valence-corrected chi connectivity index (χ0v) is 11.6. The third kappa shape index (κ3) is 3.85. The molecule has 3 aromatic rings. The Hall–Kier alpha value is -2.90. The number of pyridine rings is 1. The maximum atomic E-state index is 12.2. The normalized spacial score (nSPS) is 11.4. The fourth-order valence-corrected chi connectivity index (χ4v) is 1.84. The zero-order valence-electron chi connectivity index (χ0n) is 11.6. The number of hydrogen-bond donors (Lipinski definition) is 0. The summed E-state index contributed by atoms with van der Waals surface area (Å²) in [6.07, 6.45) is -1.22. The van der Waals surface area contributed by atoms with Crippen molar-refractivity contribution >= 4 is 0 Å². The minimum Gasteiger partial charge on any atom is -0.484 e. The van der Waals surface area contributed by atoms with E-state index in [4.69, 9.17) is 9.15 Å². The highest BCUT2D eigenvalue weighted by Crippen LogP contribution is 2.27. The summed E-state index contributed by atoms with van der Waals surface area (Å²) in [4.78, 5) is 3.89. The minimum absolute atomic E-state index is 0.0727. The molecule has 0 saturated heterocycles. The Kier molecular flexibility index (Phi) is 3.96. The topological polar surface area (TPSA) is 61.0 Å². The molecule has 0 bridgehead atoms. The maximum absolute atomic E-state index is 12.2. The SMILES string of the molecule is FC(F)(F)COc1cccc(-c2nnc(-c3ccncc3)o2)c1. The largest absolute Gasteiger partial charge is 0.484 e. The van der Waals surface area contributed by atoms with Crippen LogP contribution in [0.15, 0.2) is 53.2 Å². The van der Waals surface area contributed by atoms with Crippen molar-refractivity contribution in [3.05, 3.63) is 48.8 Å². The van der Waals surface area contributed by atoms with Crippen LogP contribution >= 0.6 is 0 Å². The second-order valence-electron chi connectivity index (χ2n) is 4.58. The Morgan fingerprint density at radius 2 is 1.65 bits per heavy atom. The van der Waals surface area contributed by atoms with Crippen LogP contribution in [-0.2, 0) is 0 Å². The molecule has 0 atom stereocenters. The van der Waals surface area contributed by atoms with Crippen molar-refractivity contribution in [1.82, 2.24) is 15.2 Å². The van der Waals surface area contributed by atoms with Gasteiger partial charge in [-0.05, 0) is 30.3 Å². The van der Waals surface area contributed by atoms with Crippen molar-refractivity contribution in [2.75, 3.05) is 6.61 Å². The summed E-state index contributed by atoms with van der Waals surface area (Å²) >= 11 is 0. The molecule has 0 aliphatic heterocycles. The fraction of sp³-hybridized carbons (Fsp3) is 0.133. The third-order valence-corrected chi connectivity index (χ3v) is 2.84. The predicted octanol–water partition coefficient (Wildman–Crippen LogP) is 3.74. The van der Waals surface area contributed by atoms with Gasteiger partial charge in [-0.3, -0.25) is 4.98 Å². The van der Waals surface area contributed by atoms with E-state index in [0.29, 0.717) is 17.0 Å². The Bertz CT molecular complexity index is 788. The van der Waals surface area contributed by atoms with Gasteiger partial charge in [0.05, 0.1) is 0 Å². The van der Waals surface area contributed by atoms with Gasteiger partial charge < -0.3 is 9.15 Å². The van der Waals surface area contributed by atoms with Crippen molar-refractivity contribution < 1.29 is 22.3 Å². The first-order chi connectivity index (χ1) is 11.0. The molecule has 0 fully saturated rings. The van der Waals surface area contributed by atoms with Crippen LogP contribution in [0.5, 0.6) is 5.75 Å². The second kappa shape index (κ2) is 6.07. The summed E-state index contributed by atoms with van der Waals surface area (Å²) in [6, 6.07) is 9.45. The quantitative estimate of drug-likeness (QED) is 0.732. The van der Waals surface area contributed by atoms with Crippen LogP contribution in [-0.4, -0.2) is 28.0 Å². The molecular weight excluding hydrogens is 311 g/mol. The van der Waals surface area contributed by atoms with E-state index in [0.717, 1.165) is 0 Å². The number of halogens is 3. The third-order valence-electron chi connectivity index (χ3n) is 2.84. The highest BCUT2D eigenvalue weighted by atomic mass is 19.4. The lowest BCUT2D eigenvalue weighted by molar-refractivity contribution is -0.153. The zero-order chi connectivity index (χ0) is 16.3. The molecule has 1 aromatic carbocycles. The summed E-state index contributed by atoms with van der Waals surface area (Å²) in [7, 11) is 0. The van der Waals surface area contributed by atoms with Crippen molar-refractivity contribution in [3.8, 4) is 28.7 Å². The molecule has 23 heavy (non-hydrogen) atoms. The van der Waals surface area contributed by atoms with E-state index in [-0.39, 0.29) is 11.6 Å². The summed E-state index contributed by atoms with van der Waals surface area (Å²) in [6.45, 7) is -1.36. The number of benzene rings is 1. The van der Waals surface area contributed by atoms with E-state index in [1.807, 2.05) is 0 Å². The molecule has 0 N–H and O–H groups in total. The van der Waals surface area contributed by atoms with Gasteiger partial charge in [-0.25, -0.2) is 0 Å². The molecule has 0 amide bonds. The summed E-state index contributed by atoms with van der Waals surface area (Å²) in [5.41, 5.74) is 1.17. The Balaban J connectivity index is 1.81. The van der Waals surface area contributed by atoms with Crippen LogP contribution in [0.25, 0.3) is 22.9 Å². The first kappa shape index (κ1) is 15.0. The molecule has 2 aromatic heterocycles. The van der Waals surface area contributed by atoms with E-state index in [2.05, 4.69) is 15.2 Å². The fourth-order valence-electron chi connectivity index (χ4n) is 1.84. The lowest BCUT2D eigenvalue weighted by Crippen LogP contribution is -2.19. The van der Waals surface area contributed by atoms with E-state index in [9.17, 15) is 13.2 Å². The molecule has 0 radical (unpaired) electrons. The van der Waals surface area contributed by atoms with Crippen molar-refractivity contribution in [2.45, 2.75) is 6.18 Å². The van der Waals surface area contributed by atoms with E-state index in [1.165, 1.54) is 12.1 Å². The smallest absolute Gasteiger partial charge is 0.422 e. The average molecular weight is 321 g/mol. The molecule has 0 aliphatic carbocycles. The summed E-state index contributed by atoms with van der Waals surface area (Å²) < 4.78 is 46.8. The molecule has 118 valence electrons. The van der Waals surface area contributed by atoms with Crippen LogP contribution in [0.2, 0.25) is 0 Å². The molecule has 0 spiro atoms. The van der Waals surface area contributed by atoms with E-state index >= 15 is 0 Å². The number of ether oxygens (including phenoxy) is 1. The van der Waals surface area contributed by atoms with Gasteiger partial charge >= 0.3 is 6.18 Å². The van der Waals surface area contributed by atoms with Gasteiger partial charge in [-0.2, -0.15) is 13.2 Å². The minimum atomic E-state index is -4.39. The van der Waals surface area contributed by atoms with E-state index in [1.54, 1.807) is 36.7 Å². The lowest BCUT2D eigenvalue weighted by atomic mass is 10.2. The van der Waals surface area contributed by atoms with Gasteiger partial charge in [0.25, 0.3) is 0 Å². The van der Waals surface area contributed by atoms with Crippen molar-refractivity contribution in [1.29, 1.82) is 0 Å². The van der Waals surface area contributed by atoms with Crippen LogP contribution in [0.1, 0.15) is 0 Å². The van der Waals surface area contributed by atoms with Gasteiger partial charge in [-0.15, -0.1) is 10.2 Å². The number of nitrogens with zero attached hydrogens (tertiary/aromatic N) is 3. The predicted molar refractivity (Wildman–Crippen MR) is 74.5 cm³/mol. The van der Waals surface area contributed by atoms with Gasteiger partial charge in [0, 0.05) is 23.5 Å². The van der Waals surface area contributed by atoms with Gasteiger partial charge in [0.15, 0.2) is 6.61 Å². The van der Waals surface area contributed by atoms with Gasteiger partial charge in [0.2, 0.25) is 11.8 Å². The monoisotopic (exact) mass is 321 g/mol. The summed E-state index contributed by atoms with van der Waals surface area (Å²) in [5, 5.41) is 7.81.